The van der Waals surface area contributed by atoms with Crippen LogP contribution in [0, 0.1) is 0 Å². The van der Waals surface area contributed by atoms with Gasteiger partial charge in [-0.1, -0.05) is 58.0 Å². The van der Waals surface area contributed by atoms with Crippen molar-refractivity contribution >= 4 is 44.4 Å². The molecule has 0 radical (unpaired) electrons. The molecule has 190 valence electrons. The monoisotopic (exact) mass is 541 g/mol. The summed E-state index contributed by atoms with van der Waals surface area (Å²) in [4.78, 5) is 20.6. The highest BCUT2D eigenvalue weighted by Crippen LogP contribution is 2.48. The molecule has 3 N–H and O–H groups in total. The first-order chi connectivity index (χ1) is 18.6. The number of hydrogen-bond donors (Lipinski definition) is 2. The van der Waals surface area contributed by atoms with Crippen LogP contribution in [0.15, 0.2) is 85.2 Å². The second kappa shape index (κ2) is 10.4. The molecule has 38 heavy (non-hydrogen) atoms. The van der Waals surface area contributed by atoms with Gasteiger partial charge in [0.2, 0.25) is 0 Å². The lowest BCUT2D eigenvalue weighted by Gasteiger charge is -2.20. The zero-order valence-corrected chi connectivity index (χ0v) is 21.7. The summed E-state index contributed by atoms with van der Waals surface area (Å²) in [6.07, 6.45) is 1.45. The molecule has 0 spiro atoms. The number of hydrogen-bond acceptors (Lipinski definition) is 8. The van der Waals surface area contributed by atoms with E-state index in [9.17, 15) is 9.90 Å². The number of para-hydroxylation sites is 1. The van der Waals surface area contributed by atoms with E-state index in [1.807, 2.05) is 71.4 Å². The molecule has 0 aliphatic carbocycles. The quantitative estimate of drug-likeness (QED) is 0.235. The molecule has 2 atom stereocenters. The molecule has 8 nitrogen and oxygen atoms in total. The van der Waals surface area contributed by atoms with Crippen molar-refractivity contribution in [2.45, 2.75) is 17.7 Å². The average Bonchev–Trinajstić information content (AvgIpc) is 3.55. The Kier molecular flexibility index (Phi) is 6.65. The van der Waals surface area contributed by atoms with E-state index in [-0.39, 0.29) is 11.2 Å². The van der Waals surface area contributed by atoms with Gasteiger partial charge in [-0.05, 0) is 48.0 Å². The van der Waals surface area contributed by atoms with Crippen molar-refractivity contribution in [1.29, 1.82) is 0 Å². The predicted octanol–water partition coefficient (Wildman–Crippen LogP) is 6.11. The highest BCUT2D eigenvalue weighted by Gasteiger charge is 2.34. The molecule has 2 unspecified atom stereocenters. The largest absolute Gasteiger partial charge is 0.478 e. The van der Waals surface area contributed by atoms with Crippen LogP contribution in [-0.4, -0.2) is 41.8 Å². The van der Waals surface area contributed by atoms with Crippen molar-refractivity contribution in [2.75, 3.05) is 11.5 Å². The van der Waals surface area contributed by atoms with Crippen molar-refractivity contribution in [3.8, 4) is 22.8 Å². The van der Waals surface area contributed by atoms with Crippen molar-refractivity contribution in [3.05, 3.63) is 96.3 Å². The van der Waals surface area contributed by atoms with Crippen LogP contribution in [-0.2, 0) is 6.54 Å². The number of benzene rings is 3. The molecule has 5 aromatic rings. The highest BCUT2D eigenvalue weighted by molar-refractivity contribution is 8.77. The molecule has 6 rings (SSSR count). The minimum atomic E-state index is -0.909. The van der Waals surface area contributed by atoms with E-state index in [0.29, 0.717) is 40.4 Å². The number of fused-ring (bicyclic) bond motifs is 1. The maximum Gasteiger partial charge on any atom is 0.335 e. The molecular formula is C28H23N5O3S2. The Morgan fingerprint density at radius 2 is 1.74 bits per heavy atom. The molecule has 2 aromatic heterocycles. The van der Waals surface area contributed by atoms with E-state index in [4.69, 9.17) is 15.6 Å². The summed E-state index contributed by atoms with van der Waals surface area (Å²) in [6, 6.07) is 24.5. The summed E-state index contributed by atoms with van der Waals surface area (Å²) in [6.45, 7) is 0.554. The lowest BCUT2D eigenvalue weighted by Crippen LogP contribution is -2.21. The highest BCUT2D eigenvalue weighted by atomic mass is 33.1. The number of rotatable bonds is 7. The number of anilines is 1. The van der Waals surface area contributed by atoms with Crippen molar-refractivity contribution in [3.63, 3.8) is 0 Å². The number of carbonyl (C=O) groups is 1. The summed E-state index contributed by atoms with van der Waals surface area (Å²) in [7, 11) is 3.50. The van der Waals surface area contributed by atoms with Crippen molar-refractivity contribution in [2.24, 2.45) is 0 Å². The van der Waals surface area contributed by atoms with Gasteiger partial charge in [-0.3, -0.25) is 0 Å². The van der Waals surface area contributed by atoms with E-state index in [1.165, 1.54) is 6.33 Å². The Morgan fingerprint density at radius 3 is 2.53 bits per heavy atom. The summed E-state index contributed by atoms with van der Waals surface area (Å²) in [5.74, 6) is 1.82. The summed E-state index contributed by atoms with van der Waals surface area (Å²) < 4.78 is 7.80. The molecular weight excluding hydrogens is 518 g/mol. The zero-order valence-electron chi connectivity index (χ0n) is 20.1. The molecule has 3 aromatic carbocycles. The molecule has 0 bridgehead atoms. The molecule has 1 aliphatic rings. The van der Waals surface area contributed by atoms with Crippen LogP contribution in [0.25, 0.3) is 22.3 Å². The van der Waals surface area contributed by atoms with Gasteiger partial charge in [-0.2, -0.15) is 5.10 Å². The number of nitrogens with zero attached hydrogens (tertiary/aromatic N) is 4. The lowest BCUT2D eigenvalue weighted by molar-refractivity contribution is 0.0695. The van der Waals surface area contributed by atoms with Crippen LogP contribution in [0.3, 0.4) is 0 Å². The number of carboxylic acids is 1. The third-order valence-electron chi connectivity index (χ3n) is 6.50. The van der Waals surface area contributed by atoms with Gasteiger partial charge in [0.25, 0.3) is 0 Å². The summed E-state index contributed by atoms with van der Waals surface area (Å²) in [5, 5.41) is 15.5. The van der Waals surface area contributed by atoms with Crippen molar-refractivity contribution in [1.82, 2.24) is 19.7 Å². The second-order valence-corrected chi connectivity index (χ2v) is 11.5. The van der Waals surface area contributed by atoms with Gasteiger partial charge in [0.1, 0.15) is 29.3 Å². The first-order valence-corrected chi connectivity index (χ1v) is 14.4. The van der Waals surface area contributed by atoms with Crippen molar-refractivity contribution < 1.29 is 14.6 Å². The molecule has 10 heteroatoms. The van der Waals surface area contributed by atoms with E-state index >= 15 is 0 Å². The predicted molar refractivity (Wildman–Crippen MR) is 152 cm³/mol. The van der Waals surface area contributed by atoms with Gasteiger partial charge in [-0.25, -0.2) is 19.4 Å². The minimum absolute atomic E-state index is 0.0635. The fourth-order valence-corrected chi connectivity index (χ4v) is 7.97. The van der Waals surface area contributed by atoms with Crippen LogP contribution >= 0.6 is 21.6 Å². The maximum atomic E-state index is 11.9. The molecule has 1 aliphatic heterocycles. The SMILES string of the molecule is Nc1ncnc2c1c(-c1ccc(Oc3ccccc3)cc1)nn2CC1SSCC1c1ccccc1C(=O)O. The van der Waals surface area contributed by atoms with Gasteiger partial charge in [0.05, 0.1) is 17.5 Å². The van der Waals surface area contributed by atoms with Gasteiger partial charge in [-0.15, -0.1) is 0 Å². The number of aromatic nitrogens is 4. The smallest absolute Gasteiger partial charge is 0.335 e. The first-order valence-electron chi connectivity index (χ1n) is 12.0. The maximum absolute atomic E-state index is 11.9. The zero-order chi connectivity index (χ0) is 26.1. The number of nitrogen functional groups attached to an aromatic ring is 1. The third-order valence-corrected chi connectivity index (χ3v) is 9.41. The fraction of sp³-hybridized carbons (Fsp3) is 0.143. The van der Waals surface area contributed by atoms with Crippen LogP contribution in [0.5, 0.6) is 11.5 Å². The molecule has 3 heterocycles. The number of carboxylic acid groups (broad SMARTS) is 1. The average molecular weight is 542 g/mol. The normalized spacial score (nSPS) is 17.1. The van der Waals surface area contributed by atoms with E-state index < -0.39 is 5.97 Å². The Labute approximate surface area is 226 Å². The molecule has 1 fully saturated rings. The number of aromatic carboxylic acids is 1. The Bertz CT molecular complexity index is 1610. The number of nitrogens with two attached hydrogens (primary N) is 1. The summed E-state index contributed by atoms with van der Waals surface area (Å²) in [5.41, 5.74) is 9.73. The fourth-order valence-electron chi connectivity index (χ4n) is 4.67. The van der Waals surface area contributed by atoms with E-state index in [0.717, 1.165) is 22.6 Å². The first kappa shape index (κ1) is 24.3. The topological polar surface area (TPSA) is 116 Å². The van der Waals surface area contributed by atoms with E-state index in [1.54, 1.807) is 33.7 Å². The van der Waals surface area contributed by atoms with Crippen LogP contribution in [0.1, 0.15) is 21.8 Å². The standard InChI is InChI=1S/C28H23N5O3S2/c29-26-24-25(17-10-12-19(13-11-17)36-18-6-2-1-3-7-18)32-33(27(24)31-16-30-26)14-23-22(15-37-38-23)20-8-4-5-9-21(20)28(34)35/h1-13,16,22-23H,14-15H2,(H,34,35)(H2,29,30,31). The van der Waals surface area contributed by atoms with E-state index in [2.05, 4.69) is 9.97 Å². The minimum Gasteiger partial charge on any atom is -0.478 e. The second-order valence-electron chi connectivity index (χ2n) is 8.85. The van der Waals surface area contributed by atoms with Crippen LogP contribution in [0.4, 0.5) is 5.82 Å². The third kappa shape index (κ3) is 4.68. The Morgan fingerprint density at radius 1 is 1.00 bits per heavy atom. The lowest BCUT2D eigenvalue weighted by atomic mass is 9.92. The number of ether oxygens (including phenoxy) is 1. The van der Waals surface area contributed by atoms with Gasteiger partial charge in [0, 0.05) is 22.5 Å². The Hall–Kier alpha value is -4.02. The summed E-state index contributed by atoms with van der Waals surface area (Å²) >= 11 is 0. The molecule has 0 saturated carbocycles. The van der Waals surface area contributed by atoms with Crippen LogP contribution in [0.2, 0.25) is 0 Å². The molecule has 0 amide bonds. The van der Waals surface area contributed by atoms with Gasteiger partial charge < -0.3 is 15.6 Å². The molecule has 1 saturated heterocycles. The van der Waals surface area contributed by atoms with Gasteiger partial charge in [0.15, 0.2) is 5.65 Å². The van der Waals surface area contributed by atoms with Crippen LogP contribution < -0.4 is 10.5 Å². The van der Waals surface area contributed by atoms with Gasteiger partial charge >= 0.3 is 5.97 Å². The Balaban J connectivity index is 1.33.